The maximum atomic E-state index is 13.1. The molecule has 4 rings (SSSR count). The van der Waals surface area contributed by atoms with Crippen LogP contribution in [0.3, 0.4) is 0 Å². The molecule has 1 aliphatic heterocycles. The number of carbonyl (C=O) groups excluding carboxylic acids is 1. The van der Waals surface area contributed by atoms with Crippen LogP contribution >= 0.6 is 0 Å². The minimum Gasteiger partial charge on any atom is -0.497 e. The topological polar surface area (TPSA) is 93.5 Å². The third-order valence-corrected chi connectivity index (χ3v) is 7.56. The van der Waals surface area contributed by atoms with Crippen molar-refractivity contribution < 1.29 is 17.9 Å². The van der Waals surface area contributed by atoms with Crippen molar-refractivity contribution in [2.75, 3.05) is 20.2 Å². The monoisotopic (exact) mass is 454 g/mol. The van der Waals surface area contributed by atoms with Gasteiger partial charge in [-0.3, -0.25) is 4.79 Å². The summed E-state index contributed by atoms with van der Waals surface area (Å²) in [6.45, 7) is 0.930. The molecule has 168 valence electrons. The van der Waals surface area contributed by atoms with Gasteiger partial charge in [-0.15, -0.1) is 0 Å². The molecule has 1 aliphatic rings. The molecule has 3 aromatic rings. The van der Waals surface area contributed by atoms with Gasteiger partial charge in [-0.1, -0.05) is 18.2 Å². The van der Waals surface area contributed by atoms with Crippen molar-refractivity contribution in [3.8, 4) is 11.4 Å². The smallest absolute Gasteiger partial charge is 0.243 e. The molecule has 2 aromatic carbocycles. The lowest BCUT2D eigenvalue weighted by molar-refractivity contribution is -0.126. The maximum Gasteiger partial charge on any atom is 0.243 e. The lowest BCUT2D eigenvalue weighted by atomic mass is 9.98. The number of benzene rings is 2. The molecule has 1 saturated heterocycles. The van der Waals surface area contributed by atoms with Gasteiger partial charge in [0.1, 0.15) is 5.75 Å². The first-order valence-corrected chi connectivity index (χ1v) is 11.9. The minimum absolute atomic E-state index is 0.139. The number of sulfonamides is 1. The first-order valence-electron chi connectivity index (χ1n) is 10.5. The summed E-state index contributed by atoms with van der Waals surface area (Å²) in [5.74, 6) is 0.0630. The second-order valence-corrected chi connectivity index (χ2v) is 9.63. The number of nitrogens with one attached hydrogen (secondary N) is 1. The van der Waals surface area contributed by atoms with E-state index in [0.717, 1.165) is 11.3 Å². The van der Waals surface area contributed by atoms with E-state index >= 15 is 0 Å². The fourth-order valence-electron chi connectivity index (χ4n) is 3.91. The third kappa shape index (κ3) is 4.68. The Balaban J connectivity index is 1.42. The highest BCUT2D eigenvalue weighted by atomic mass is 32.2. The number of aromatic nitrogens is 2. The van der Waals surface area contributed by atoms with E-state index in [0.29, 0.717) is 31.7 Å². The van der Waals surface area contributed by atoms with E-state index in [9.17, 15) is 13.2 Å². The summed E-state index contributed by atoms with van der Waals surface area (Å²) in [5, 5.41) is 2.99. The average molecular weight is 455 g/mol. The van der Waals surface area contributed by atoms with Crippen LogP contribution in [0.2, 0.25) is 0 Å². The summed E-state index contributed by atoms with van der Waals surface area (Å²) >= 11 is 0. The van der Waals surface area contributed by atoms with Crippen molar-refractivity contribution in [3.05, 3.63) is 72.8 Å². The van der Waals surface area contributed by atoms with Gasteiger partial charge >= 0.3 is 0 Å². The molecular formula is C23H26N4O4S. The van der Waals surface area contributed by atoms with Gasteiger partial charge in [-0.25, -0.2) is 13.4 Å². The predicted octanol–water partition coefficient (Wildman–Crippen LogP) is 2.60. The van der Waals surface area contributed by atoms with E-state index in [4.69, 9.17) is 4.74 Å². The van der Waals surface area contributed by atoms with E-state index in [1.54, 1.807) is 24.7 Å². The van der Waals surface area contributed by atoms with Gasteiger partial charge in [0.15, 0.2) is 0 Å². The third-order valence-electron chi connectivity index (χ3n) is 5.68. The van der Waals surface area contributed by atoms with Gasteiger partial charge in [0.25, 0.3) is 0 Å². The quantitative estimate of drug-likeness (QED) is 0.592. The number of carbonyl (C=O) groups is 1. The minimum atomic E-state index is -3.67. The number of nitrogens with zero attached hydrogens (tertiary/aromatic N) is 3. The van der Waals surface area contributed by atoms with Crippen LogP contribution in [0, 0.1) is 5.92 Å². The number of piperidine rings is 1. The predicted molar refractivity (Wildman–Crippen MR) is 120 cm³/mol. The van der Waals surface area contributed by atoms with Gasteiger partial charge in [0.2, 0.25) is 15.9 Å². The normalized spacial score (nSPS) is 17.1. The number of ether oxygens (including phenoxy) is 1. The van der Waals surface area contributed by atoms with Crippen LogP contribution in [-0.2, 0) is 21.4 Å². The molecule has 2 heterocycles. The van der Waals surface area contributed by atoms with E-state index in [1.165, 1.54) is 23.5 Å². The molecule has 1 N–H and O–H groups in total. The van der Waals surface area contributed by atoms with Crippen LogP contribution in [0.1, 0.15) is 18.4 Å². The SMILES string of the molecule is COc1ccc(S(=O)(=O)N2CCC[C@@H](C(=O)NCc3ccccc3-n3ccnc3)C2)cc1. The Morgan fingerprint density at radius 1 is 1.19 bits per heavy atom. The molecule has 1 fully saturated rings. The zero-order chi connectivity index (χ0) is 22.6. The second-order valence-electron chi connectivity index (χ2n) is 7.69. The van der Waals surface area contributed by atoms with Gasteiger partial charge in [0.05, 0.1) is 29.9 Å². The molecule has 9 heteroatoms. The highest BCUT2D eigenvalue weighted by molar-refractivity contribution is 7.89. The first kappa shape index (κ1) is 22.0. The van der Waals surface area contributed by atoms with Crippen molar-refractivity contribution in [2.24, 2.45) is 5.92 Å². The number of hydrogen-bond donors (Lipinski definition) is 1. The Labute approximate surface area is 187 Å². The lowest BCUT2D eigenvalue weighted by Crippen LogP contribution is -2.45. The summed E-state index contributed by atoms with van der Waals surface area (Å²) in [5.41, 5.74) is 1.90. The second kappa shape index (κ2) is 9.54. The first-order chi connectivity index (χ1) is 15.5. The Morgan fingerprint density at radius 2 is 1.97 bits per heavy atom. The molecule has 0 saturated carbocycles. The summed E-state index contributed by atoms with van der Waals surface area (Å²) in [7, 11) is -2.14. The van der Waals surface area contributed by atoms with Crippen LogP contribution < -0.4 is 10.1 Å². The van der Waals surface area contributed by atoms with Crippen LogP contribution in [-0.4, -0.2) is 48.4 Å². The van der Waals surface area contributed by atoms with Gasteiger partial charge in [-0.2, -0.15) is 4.31 Å². The summed E-state index contributed by atoms with van der Waals surface area (Å²) in [6.07, 6.45) is 6.56. The molecule has 8 nitrogen and oxygen atoms in total. The van der Waals surface area contributed by atoms with Crippen molar-refractivity contribution in [3.63, 3.8) is 0 Å². The number of hydrogen-bond acceptors (Lipinski definition) is 5. The molecule has 32 heavy (non-hydrogen) atoms. The number of amides is 1. The molecule has 0 bridgehead atoms. The average Bonchev–Trinajstić information content (AvgIpc) is 3.37. The molecule has 1 atom stereocenters. The number of para-hydroxylation sites is 1. The Bertz CT molecular complexity index is 1160. The molecule has 0 radical (unpaired) electrons. The van der Waals surface area contributed by atoms with E-state index in [1.807, 2.05) is 35.0 Å². The highest BCUT2D eigenvalue weighted by Gasteiger charge is 2.33. The molecule has 1 aromatic heterocycles. The Kier molecular flexibility index (Phi) is 6.57. The van der Waals surface area contributed by atoms with Crippen LogP contribution in [0.15, 0.2) is 72.1 Å². The molecule has 1 amide bonds. The highest BCUT2D eigenvalue weighted by Crippen LogP contribution is 2.25. The van der Waals surface area contributed by atoms with Gasteiger partial charge < -0.3 is 14.6 Å². The lowest BCUT2D eigenvalue weighted by Gasteiger charge is -2.31. The van der Waals surface area contributed by atoms with E-state index in [-0.39, 0.29) is 17.3 Å². The van der Waals surface area contributed by atoms with Crippen molar-refractivity contribution in [1.82, 2.24) is 19.2 Å². The molecule has 0 aliphatic carbocycles. The van der Waals surface area contributed by atoms with Crippen LogP contribution in [0.5, 0.6) is 5.75 Å². The Hall–Kier alpha value is -3.17. The number of rotatable bonds is 7. The zero-order valence-corrected chi connectivity index (χ0v) is 18.7. The van der Waals surface area contributed by atoms with Crippen LogP contribution in [0.4, 0.5) is 0 Å². The summed E-state index contributed by atoms with van der Waals surface area (Å²) < 4.78 is 34.5. The van der Waals surface area contributed by atoms with Gasteiger partial charge in [0, 0.05) is 32.0 Å². The fraction of sp³-hybridized carbons (Fsp3) is 0.304. The van der Waals surface area contributed by atoms with Crippen molar-refractivity contribution in [1.29, 1.82) is 0 Å². The fourth-order valence-corrected chi connectivity index (χ4v) is 5.44. The van der Waals surface area contributed by atoms with Crippen molar-refractivity contribution in [2.45, 2.75) is 24.3 Å². The number of imidazole rings is 1. The summed E-state index contributed by atoms with van der Waals surface area (Å²) in [6, 6.07) is 14.1. The Morgan fingerprint density at radius 3 is 2.69 bits per heavy atom. The molecule has 0 unspecified atom stereocenters. The van der Waals surface area contributed by atoms with Crippen molar-refractivity contribution >= 4 is 15.9 Å². The standard InChI is InChI=1S/C23H26N4O4S/c1-31-20-8-10-21(11-9-20)32(29,30)27-13-4-6-19(16-27)23(28)25-15-18-5-2-3-7-22(18)26-14-12-24-17-26/h2-3,5,7-12,14,17,19H,4,6,13,15-16H2,1H3,(H,25,28)/t19-/m1/s1. The van der Waals surface area contributed by atoms with E-state index in [2.05, 4.69) is 10.3 Å². The zero-order valence-electron chi connectivity index (χ0n) is 17.8. The van der Waals surface area contributed by atoms with Gasteiger partial charge in [-0.05, 0) is 48.7 Å². The molecular weight excluding hydrogens is 428 g/mol. The summed E-state index contributed by atoms with van der Waals surface area (Å²) in [4.78, 5) is 17.2. The largest absolute Gasteiger partial charge is 0.497 e. The van der Waals surface area contributed by atoms with E-state index < -0.39 is 15.9 Å². The number of methoxy groups -OCH3 is 1. The molecule has 0 spiro atoms. The van der Waals surface area contributed by atoms with Crippen LogP contribution in [0.25, 0.3) is 5.69 Å². The maximum absolute atomic E-state index is 13.1.